The van der Waals surface area contributed by atoms with E-state index in [9.17, 15) is 19.2 Å². The van der Waals surface area contributed by atoms with Crippen LogP contribution >= 0.6 is 0 Å². The van der Waals surface area contributed by atoms with E-state index in [1.165, 1.54) is 11.2 Å². The number of carbonyl (C=O) groups is 4. The van der Waals surface area contributed by atoms with Gasteiger partial charge in [0.25, 0.3) is 0 Å². The third-order valence-corrected chi connectivity index (χ3v) is 4.91. The number of nitrogens with two attached hydrogens (primary N) is 1. The Morgan fingerprint density at radius 2 is 2.10 bits per heavy atom. The number of hydrogen-bond donors (Lipinski definition) is 5. The Labute approximate surface area is 174 Å². The zero-order valence-corrected chi connectivity index (χ0v) is 17.3. The number of H-pyrrole nitrogens is 1. The Kier molecular flexibility index (Phi) is 8.34. The molecule has 1 saturated heterocycles. The molecule has 0 bridgehead atoms. The summed E-state index contributed by atoms with van der Waals surface area (Å²) in [6.07, 6.45) is 4.70. The Balaban J connectivity index is 2.13. The van der Waals surface area contributed by atoms with Crippen LogP contribution in [-0.4, -0.2) is 74.9 Å². The van der Waals surface area contributed by atoms with Gasteiger partial charge in [0.1, 0.15) is 18.6 Å². The lowest BCUT2D eigenvalue weighted by Gasteiger charge is -2.29. The highest BCUT2D eigenvalue weighted by Crippen LogP contribution is 2.19. The summed E-state index contributed by atoms with van der Waals surface area (Å²) < 4.78 is 0. The maximum atomic E-state index is 13.2. The average Bonchev–Trinajstić information content (AvgIpc) is 3.36. The zero-order chi connectivity index (χ0) is 22.3. The molecule has 6 N–H and O–H groups in total. The van der Waals surface area contributed by atoms with E-state index >= 15 is 0 Å². The van der Waals surface area contributed by atoms with E-state index in [2.05, 4.69) is 20.6 Å². The van der Waals surface area contributed by atoms with Crippen molar-refractivity contribution in [2.24, 2.45) is 11.7 Å². The van der Waals surface area contributed by atoms with Gasteiger partial charge in [0.05, 0.1) is 12.4 Å². The number of likely N-dealkylation sites (tertiary alicyclic amines) is 1. The highest BCUT2D eigenvalue weighted by molar-refractivity contribution is 5.94. The molecule has 1 aromatic rings. The monoisotopic (exact) mass is 422 g/mol. The molecule has 2 rings (SSSR count). The van der Waals surface area contributed by atoms with Crippen LogP contribution in [-0.2, 0) is 25.6 Å². The summed E-state index contributed by atoms with van der Waals surface area (Å²) >= 11 is 0. The molecule has 1 aliphatic rings. The molecule has 0 saturated carbocycles. The summed E-state index contributed by atoms with van der Waals surface area (Å²) in [4.78, 5) is 57.1. The summed E-state index contributed by atoms with van der Waals surface area (Å²) in [6.45, 7) is 3.73. The second-order valence-electron chi connectivity index (χ2n) is 7.88. The number of rotatable bonds is 10. The molecule has 0 radical (unpaired) electrons. The number of aromatic amines is 1. The lowest BCUT2D eigenvalue weighted by molar-refractivity contribution is -0.142. The molecular formula is C19H30N6O5. The molecule has 166 valence electrons. The molecule has 2 heterocycles. The second-order valence-corrected chi connectivity index (χ2v) is 7.88. The quantitative estimate of drug-likeness (QED) is 0.322. The maximum absolute atomic E-state index is 13.2. The zero-order valence-electron chi connectivity index (χ0n) is 17.3. The molecule has 1 aliphatic heterocycles. The minimum Gasteiger partial charge on any atom is -0.480 e. The SMILES string of the molecule is CC(C)CC(N)C(=O)NC(Cc1cnc[nH]1)C(=O)N1CCCC1C(=O)NCC(=O)O. The normalized spacial score (nSPS) is 18.1. The van der Waals surface area contributed by atoms with E-state index in [1.807, 2.05) is 13.8 Å². The van der Waals surface area contributed by atoms with E-state index in [4.69, 9.17) is 10.8 Å². The lowest BCUT2D eigenvalue weighted by Crippen LogP contribution is -2.56. The number of amides is 3. The van der Waals surface area contributed by atoms with Crippen molar-refractivity contribution in [3.8, 4) is 0 Å². The summed E-state index contributed by atoms with van der Waals surface area (Å²) in [5.74, 6) is -2.32. The highest BCUT2D eigenvalue weighted by atomic mass is 16.4. The fourth-order valence-corrected chi connectivity index (χ4v) is 3.49. The number of aliphatic carboxylic acids is 1. The van der Waals surface area contributed by atoms with Gasteiger partial charge in [0.2, 0.25) is 17.7 Å². The largest absolute Gasteiger partial charge is 0.480 e. The standard InChI is InChI=1S/C19H30N6O5/c1-11(2)6-13(20)17(28)24-14(7-12-8-21-10-23-12)19(30)25-5-3-4-15(25)18(29)22-9-16(26)27/h8,10-11,13-15H,3-7,9,20H2,1-2H3,(H,21,23)(H,22,29)(H,24,28)(H,26,27). The van der Waals surface area contributed by atoms with E-state index in [0.29, 0.717) is 31.5 Å². The Hall–Kier alpha value is -2.95. The topological polar surface area (TPSA) is 171 Å². The number of aromatic nitrogens is 2. The van der Waals surface area contributed by atoms with Crippen LogP contribution in [0.2, 0.25) is 0 Å². The predicted octanol–water partition coefficient (Wildman–Crippen LogP) is -0.998. The lowest BCUT2D eigenvalue weighted by atomic mass is 10.0. The molecule has 0 spiro atoms. The first-order valence-corrected chi connectivity index (χ1v) is 10.0. The van der Waals surface area contributed by atoms with Gasteiger partial charge in [-0.05, 0) is 25.2 Å². The van der Waals surface area contributed by atoms with Gasteiger partial charge in [-0.25, -0.2) is 4.98 Å². The number of carbonyl (C=O) groups excluding carboxylic acids is 3. The second kappa shape index (κ2) is 10.7. The molecule has 3 amide bonds. The molecular weight excluding hydrogens is 392 g/mol. The summed E-state index contributed by atoms with van der Waals surface area (Å²) in [5, 5.41) is 13.8. The van der Waals surface area contributed by atoms with Crippen LogP contribution in [0.4, 0.5) is 0 Å². The summed E-state index contributed by atoms with van der Waals surface area (Å²) in [5.41, 5.74) is 6.61. The molecule has 3 unspecified atom stereocenters. The molecule has 1 fully saturated rings. The molecule has 11 heteroatoms. The molecule has 0 aliphatic carbocycles. The van der Waals surface area contributed by atoms with E-state index in [1.54, 1.807) is 6.20 Å². The van der Waals surface area contributed by atoms with Crippen molar-refractivity contribution in [3.05, 3.63) is 18.2 Å². The van der Waals surface area contributed by atoms with Gasteiger partial charge < -0.3 is 31.4 Å². The Bertz CT molecular complexity index is 751. The number of nitrogens with one attached hydrogen (secondary N) is 3. The van der Waals surface area contributed by atoms with Crippen LogP contribution < -0.4 is 16.4 Å². The van der Waals surface area contributed by atoms with Crippen LogP contribution in [0.25, 0.3) is 0 Å². The van der Waals surface area contributed by atoms with Crippen molar-refractivity contribution in [1.29, 1.82) is 0 Å². The third-order valence-electron chi connectivity index (χ3n) is 4.91. The first-order valence-electron chi connectivity index (χ1n) is 10.0. The fraction of sp³-hybridized carbons (Fsp3) is 0.632. The number of nitrogens with zero attached hydrogens (tertiary/aromatic N) is 2. The van der Waals surface area contributed by atoms with Crippen molar-refractivity contribution in [3.63, 3.8) is 0 Å². The van der Waals surface area contributed by atoms with Gasteiger partial charge in [-0.2, -0.15) is 0 Å². The Morgan fingerprint density at radius 3 is 2.70 bits per heavy atom. The first kappa shape index (κ1) is 23.3. The maximum Gasteiger partial charge on any atom is 0.322 e. The van der Waals surface area contributed by atoms with Crippen molar-refractivity contribution >= 4 is 23.7 Å². The third kappa shape index (κ3) is 6.55. The highest BCUT2D eigenvalue weighted by Gasteiger charge is 2.38. The van der Waals surface area contributed by atoms with Crippen molar-refractivity contribution in [2.45, 2.75) is 57.7 Å². The van der Waals surface area contributed by atoms with Crippen molar-refractivity contribution in [2.75, 3.05) is 13.1 Å². The number of carboxylic acids is 1. The van der Waals surface area contributed by atoms with Gasteiger partial charge in [-0.15, -0.1) is 0 Å². The minimum absolute atomic E-state index is 0.166. The van der Waals surface area contributed by atoms with Gasteiger partial charge in [0, 0.05) is 24.9 Å². The van der Waals surface area contributed by atoms with Gasteiger partial charge in [-0.1, -0.05) is 13.8 Å². The van der Waals surface area contributed by atoms with Crippen LogP contribution in [0.15, 0.2) is 12.5 Å². The molecule has 0 aromatic carbocycles. The molecule has 3 atom stereocenters. The van der Waals surface area contributed by atoms with Crippen molar-refractivity contribution < 1.29 is 24.3 Å². The number of hydrogen-bond acceptors (Lipinski definition) is 6. The van der Waals surface area contributed by atoms with Crippen LogP contribution in [0.3, 0.4) is 0 Å². The number of imidazole rings is 1. The number of carboxylic acid groups (broad SMARTS) is 1. The fourth-order valence-electron chi connectivity index (χ4n) is 3.49. The van der Waals surface area contributed by atoms with E-state index in [-0.39, 0.29) is 12.3 Å². The minimum atomic E-state index is -1.16. The average molecular weight is 422 g/mol. The van der Waals surface area contributed by atoms with E-state index in [0.717, 1.165) is 0 Å². The van der Waals surface area contributed by atoms with Gasteiger partial charge >= 0.3 is 5.97 Å². The van der Waals surface area contributed by atoms with Gasteiger partial charge in [0.15, 0.2) is 0 Å². The van der Waals surface area contributed by atoms with Crippen LogP contribution in [0.5, 0.6) is 0 Å². The smallest absolute Gasteiger partial charge is 0.322 e. The van der Waals surface area contributed by atoms with Gasteiger partial charge in [-0.3, -0.25) is 19.2 Å². The van der Waals surface area contributed by atoms with E-state index < -0.39 is 48.4 Å². The molecule has 11 nitrogen and oxygen atoms in total. The Morgan fingerprint density at radius 1 is 1.37 bits per heavy atom. The summed E-state index contributed by atoms with van der Waals surface area (Å²) in [6, 6.07) is -2.46. The van der Waals surface area contributed by atoms with Crippen LogP contribution in [0, 0.1) is 5.92 Å². The summed E-state index contributed by atoms with van der Waals surface area (Å²) in [7, 11) is 0. The predicted molar refractivity (Wildman–Crippen MR) is 107 cm³/mol. The van der Waals surface area contributed by atoms with Crippen molar-refractivity contribution in [1.82, 2.24) is 25.5 Å². The van der Waals surface area contributed by atoms with Crippen LogP contribution in [0.1, 0.15) is 38.8 Å². The first-order chi connectivity index (χ1) is 14.2. The molecule has 30 heavy (non-hydrogen) atoms. The molecule has 1 aromatic heterocycles.